The molecular weight excluding hydrogens is 221 g/mol. The first-order valence-electron chi connectivity index (χ1n) is 1.84. The molecule has 1 unspecified atom stereocenters. The number of halogens is 1. The molecule has 0 saturated carbocycles. The van der Waals surface area contributed by atoms with E-state index in [1.807, 2.05) is 0 Å². The van der Waals surface area contributed by atoms with Crippen molar-refractivity contribution < 1.29 is 0 Å². The summed E-state index contributed by atoms with van der Waals surface area (Å²) in [5.74, 6) is 2.12. The van der Waals surface area contributed by atoms with E-state index < -0.39 is 0 Å². The molecule has 0 aromatic rings. The molecule has 0 radical (unpaired) electrons. The fourth-order valence-corrected chi connectivity index (χ4v) is 2.33. The average Bonchev–Trinajstić information content (AvgIpc) is 1.68. The molecule has 1 nitrogen and oxygen atoms in total. The molecule has 40 valence electrons. The van der Waals surface area contributed by atoms with Gasteiger partial charge in [-0.3, -0.25) is 0 Å². The fourth-order valence-electron chi connectivity index (χ4n) is 0.184. The van der Waals surface area contributed by atoms with Gasteiger partial charge in [-0.1, -0.05) is 0 Å². The molecule has 0 aliphatic heterocycles. The van der Waals surface area contributed by atoms with Crippen LogP contribution in [-0.4, -0.2) is 19.8 Å². The molecule has 0 fully saturated rings. The van der Waals surface area contributed by atoms with Crippen molar-refractivity contribution in [3.05, 3.63) is 0 Å². The first kappa shape index (κ1) is 7.49. The van der Waals surface area contributed by atoms with Crippen LogP contribution in [0.1, 0.15) is 0 Å². The standard InChI is InChI=1S/C4H6BrNSe/c1-7-3-4(5)2-6/h4H,3H2,1H3. The first-order valence-corrected chi connectivity index (χ1v) is 5.68. The van der Waals surface area contributed by atoms with Gasteiger partial charge in [0.25, 0.3) is 0 Å². The average molecular weight is 227 g/mol. The van der Waals surface area contributed by atoms with Crippen LogP contribution >= 0.6 is 15.9 Å². The van der Waals surface area contributed by atoms with E-state index in [0.717, 1.165) is 5.32 Å². The SMILES string of the molecule is C[Se]CC(Br)C#N. The summed E-state index contributed by atoms with van der Waals surface area (Å²) in [5, 5.41) is 9.20. The van der Waals surface area contributed by atoms with E-state index in [9.17, 15) is 0 Å². The Kier molecular flexibility index (Phi) is 4.97. The van der Waals surface area contributed by atoms with E-state index in [2.05, 4.69) is 27.8 Å². The van der Waals surface area contributed by atoms with Gasteiger partial charge in [0.1, 0.15) is 0 Å². The van der Waals surface area contributed by atoms with Gasteiger partial charge in [-0.15, -0.1) is 0 Å². The van der Waals surface area contributed by atoms with E-state index in [-0.39, 0.29) is 4.83 Å². The quantitative estimate of drug-likeness (QED) is 0.517. The second-order valence-electron chi connectivity index (χ2n) is 1.05. The predicted octanol–water partition coefficient (Wildman–Crippen LogP) is 1.44. The van der Waals surface area contributed by atoms with Crippen molar-refractivity contribution in [3.63, 3.8) is 0 Å². The third-order valence-corrected chi connectivity index (χ3v) is 3.34. The molecule has 0 aliphatic rings. The molecule has 0 bridgehead atoms. The minimum absolute atomic E-state index is 0.0949. The maximum absolute atomic E-state index is 8.18. The number of alkyl halides is 1. The third kappa shape index (κ3) is 4.34. The fraction of sp³-hybridized carbons (Fsp3) is 0.750. The number of nitrogens with zero attached hydrogens (tertiary/aromatic N) is 1. The predicted molar refractivity (Wildman–Crippen MR) is 34.8 cm³/mol. The number of hydrogen-bond donors (Lipinski definition) is 0. The van der Waals surface area contributed by atoms with Crippen LogP contribution in [-0.2, 0) is 0 Å². The molecule has 3 heteroatoms. The first-order chi connectivity index (χ1) is 3.31. The Morgan fingerprint density at radius 2 is 2.57 bits per heavy atom. The van der Waals surface area contributed by atoms with Crippen LogP contribution in [0.5, 0.6) is 0 Å². The van der Waals surface area contributed by atoms with Gasteiger partial charge in [0.15, 0.2) is 0 Å². The summed E-state index contributed by atoms with van der Waals surface area (Å²) in [6.07, 6.45) is 0. The summed E-state index contributed by atoms with van der Waals surface area (Å²) in [7, 11) is 0. The van der Waals surface area contributed by atoms with Crippen LogP contribution in [0.4, 0.5) is 0 Å². The van der Waals surface area contributed by atoms with Gasteiger partial charge in [0, 0.05) is 0 Å². The molecule has 0 heterocycles. The van der Waals surface area contributed by atoms with Crippen LogP contribution in [0.15, 0.2) is 0 Å². The topological polar surface area (TPSA) is 23.8 Å². The van der Waals surface area contributed by atoms with E-state index in [0.29, 0.717) is 15.0 Å². The van der Waals surface area contributed by atoms with Gasteiger partial charge in [-0.25, -0.2) is 0 Å². The second-order valence-corrected chi connectivity index (χ2v) is 4.07. The zero-order chi connectivity index (χ0) is 5.70. The summed E-state index contributed by atoms with van der Waals surface area (Å²) in [4.78, 5) is 0.0949. The van der Waals surface area contributed by atoms with Crippen molar-refractivity contribution in [1.29, 1.82) is 5.26 Å². The van der Waals surface area contributed by atoms with Crippen LogP contribution < -0.4 is 0 Å². The van der Waals surface area contributed by atoms with Crippen molar-refractivity contribution in [1.82, 2.24) is 0 Å². The minimum atomic E-state index is 0.0949. The van der Waals surface area contributed by atoms with Gasteiger partial charge in [0.05, 0.1) is 0 Å². The number of rotatable bonds is 2. The van der Waals surface area contributed by atoms with Gasteiger partial charge in [0.2, 0.25) is 0 Å². The summed E-state index contributed by atoms with van der Waals surface area (Å²) >= 11 is 3.82. The van der Waals surface area contributed by atoms with Crippen LogP contribution in [0.2, 0.25) is 11.1 Å². The Morgan fingerprint density at radius 1 is 2.00 bits per heavy atom. The second kappa shape index (κ2) is 4.64. The Morgan fingerprint density at radius 3 is 2.71 bits per heavy atom. The summed E-state index contributed by atoms with van der Waals surface area (Å²) in [6.45, 7) is 0. The molecule has 7 heavy (non-hydrogen) atoms. The molecule has 0 aromatic heterocycles. The van der Waals surface area contributed by atoms with E-state index >= 15 is 0 Å². The van der Waals surface area contributed by atoms with Crippen LogP contribution in [0, 0.1) is 11.3 Å². The van der Waals surface area contributed by atoms with Crippen molar-refractivity contribution in [3.8, 4) is 6.07 Å². The Balaban J connectivity index is 3.04. The molecule has 0 aliphatic carbocycles. The Bertz CT molecular complexity index is 78.2. The monoisotopic (exact) mass is 227 g/mol. The molecule has 0 aromatic carbocycles. The van der Waals surface area contributed by atoms with Crippen molar-refractivity contribution in [2.24, 2.45) is 0 Å². The van der Waals surface area contributed by atoms with Crippen LogP contribution in [0.25, 0.3) is 0 Å². The molecule has 0 amide bonds. The molecular formula is C4H6BrNSe. The molecule has 0 spiro atoms. The van der Waals surface area contributed by atoms with Crippen molar-refractivity contribution >= 4 is 30.9 Å². The van der Waals surface area contributed by atoms with E-state index in [1.54, 1.807) is 0 Å². The molecule has 0 rings (SSSR count). The molecule has 0 N–H and O–H groups in total. The van der Waals surface area contributed by atoms with E-state index in [1.165, 1.54) is 0 Å². The number of nitriles is 1. The van der Waals surface area contributed by atoms with E-state index in [4.69, 9.17) is 5.26 Å². The Labute approximate surface area is 58.4 Å². The summed E-state index contributed by atoms with van der Waals surface area (Å²) < 4.78 is 0. The normalized spacial score (nSPS) is 12.7. The van der Waals surface area contributed by atoms with Crippen molar-refractivity contribution in [2.75, 3.05) is 0 Å². The Hall–Kier alpha value is 0.489. The summed E-state index contributed by atoms with van der Waals surface area (Å²) in [6, 6.07) is 2.10. The third-order valence-electron chi connectivity index (χ3n) is 0.453. The molecule has 1 atom stereocenters. The van der Waals surface area contributed by atoms with Gasteiger partial charge in [-0.05, 0) is 0 Å². The zero-order valence-electron chi connectivity index (χ0n) is 4.02. The zero-order valence-corrected chi connectivity index (χ0v) is 7.32. The van der Waals surface area contributed by atoms with Gasteiger partial charge >= 0.3 is 58.2 Å². The summed E-state index contributed by atoms with van der Waals surface area (Å²) in [5.41, 5.74) is 0. The maximum atomic E-state index is 8.18. The van der Waals surface area contributed by atoms with Gasteiger partial charge in [-0.2, -0.15) is 0 Å². The van der Waals surface area contributed by atoms with Crippen molar-refractivity contribution in [2.45, 2.75) is 16.0 Å². The van der Waals surface area contributed by atoms with Crippen LogP contribution in [0.3, 0.4) is 0 Å². The number of hydrogen-bond acceptors (Lipinski definition) is 1. The van der Waals surface area contributed by atoms with Gasteiger partial charge < -0.3 is 0 Å². The molecule has 0 saturated heterocycles.